The number of likely N-dealkylation sites (tertiary alicyclic amines) is 1. The largest absolute Gasteiger partial charge is 0.481 e. The molecule has 206 valence electrons. The molecule has 0 bridgehead atoms. The molecule has 2 amide bonds. The van der Waals surface area contributed by atoms with E-state index < -0.39 is 11.9 Å². The predicted molar refractivity (Wildman–Crippen MR) is 146 cm³/mol. The lowest BCUT2D eigenvalue weighted by molar-refractivity contribution is -0.223. The molecule has 1 aromatic carbocycles. The number of nitrogens with zero attached hydrogens (tertiary/aromatic N) is 1. The first-order valence-corrected chi connectivity index (χ1v) is 14.4. The second kappa shape index (κ2) is 10.2. The van der Waals surface area contributed by atoms with Crippen molar-refractivity contribution in [3.05, 3.63) is 57.3 Å². The van der Waals surface area contributed by atoms with Crippen molar-refractivity contribution in [1.29, 1.82) is 5.41 Å². The number of nitrogens with one attached hydrogen (secondary N) is 2. The normalized spacial score (nSPS) is 25.9. The van der Waals surface area contributed by atoms with E-state index in [1.807, 2.05) is 23.1 Å². The standard InChI is InChI=1S/C30H34ClN3O5/c31-23-3-1-2-21(17-4-5-17)25(23)27(35)33-24-14-20(28(36)34-15-30(16-34)12-13-39-30)10-11-22(24)26(32)18-6-8-19(9-7-18)29(37)38/h1-3,6,17,19-20,32H,4-5,7-16H2,(H,33,35)(H,37,38). The summed E-state index contributed by atoms with van der Waals surface area (Å²) in [5.74, 6) is -1.41. The summed E-state index contributed by atoms with van der Waals surface area (Å²) in [6, 6.07) is 5.55. The third-order valence-electron chi connectivity index (χ3n) is 9.08. The summed E-state index contributed by atoms with van der Waals surface area (Å²) >= 11 is 6.52. The average molecular weight is 552 g/mol. The Balaban J connectivity index is 1.26. The molecule has 3 aliphatic carbocycles. The highest BCUT2D eigenvalue weighted by Crippen LogP contribution is 2.44. The first kappa shape index (κ1) is 26.3. The maximum absolute atomic E-state index is 13.7. The number of rotatable bonds is 7. The van der Waals surface area contributed by atoms with Crippen LogP contribution in [0.25, 0.3) is 0 Å². The molecule has 2 heterocycles. The van der Waals surface area contributed by atoms with E-state index in [1.54, 1.807) is 6.07 Å². The molecule has 2 atom stereocenters. The summed E-state index contributed by atoms with van der Waals surface area (Å²) in [5, 5.41) is 21.9. The average Bonchev–Trinajstić information content (AvgIpc) is 3.72. The summed E-state index contributed by atoms with van der Waals surface area (Å²) in [4.78, 5) is 40.3. The molecule has 39 heavy (non-hydrogen) atoms. The Morgan fingerprint density at radius 1 is 1.10 bits per heavy atom. The minimum atomic E-state index is -0.811. The maximum Gasteiger partial charge on any atom is 0.306 e. The molecular weight excluding hydrogens is 518 g/mol. The van der Waals surface area contributed by atoms with Crippen LogP contribution in [0.15, 0.2) is 41.1 Å². The van der Waals surface area contributed by atoms with E-state index in [9.17, 15) is 19.5 Å². The number of ether oxygens (including phenoxy) is 1. The molecule has 6 rings (SSSR count). The summed E-state index contributed by atoms with van der Waals surface area (Å²) in [7, 11) is 0. The minimum Gasteiger partial charge on any atom is -0.481 e. The van der Waals surface area contributed by atoms with Crippen molar-refractivity contribution in [3.63, 3.8) is 0 Å². The van der Waals surface area contributed by atoms with Gasteiger partial charge in [-0.2, -0.15) is 0 Å². The summed E-state index contributed by atoms with van der Waals surface area (Å²) in [6.07, 6.45) is 7.74. The first-order chi connectivity index (χ1) is 18.7. The fraction of sp³-hybridized carbons (Fsp3) is 0.533. The topological polar surface area (TPSA) is 120 Å². The lowest BCUT2D eigenvalue weighted by Crippen LogP contribution is -2.70. The van der Waals surface area contributed by atoms with Gasteiger partial charge >= 0.3 is 5.97 Å². The quantitative estimate of drug-likeness (QED) is 0.419. The second-order valence-electron chi connectivity index (χ2n) is 11.7. The number of aliphatic carboxylic acids is 1. The van der Waals surface area contributed by atoms with Gasteiger partial charge in [-0.05, 0) is 80.1 Å². The molecule has 2 unspecified atom stereocenters. The molecule has 1 aromatic rings. The van der Waals surface area contributed by atoms with E-state index in [0.717, 1.165) is 42.6 Å². The van der Waals surface area contributed by atoms with Crippen molar-refractivity contribution in [3.8, 4) is 0 Å². The van der Waals surface area contributed by atoms with Crippen molar-refractivity contribution in [2.75, 3.05) is 19.7 Å². The van der Waals surface area contributed by atoms with Gasteiger partial charge in [0.05, 0.1) is 41.9 Å². The van der Waals surface area contributed by atoms with Gasteiger partial charge in [0.25, 0.3) is 5.91 Å². The van der Waals surface area contributed by atoms with Crippen molar-refractivity contribution in [2.45, 2.75) is 69.3 Å². The summed E-state index contributed by atoms with van der Waals surface area (Å²) in [6.45, 7) is 2.00. The van der Waals surface area contributed by atoms with E-state index in [0.29, 0.717) is 79.5 Å². The van der Waals surface area contributed by atoms with Gasteiger partial charge in [0.2, 0.25) is 5.91 Å². The number of hydrogen-bond donors (Lipinski definition) is 3. The van der Waals surface area contributed by atoms with Gasteiger partial charge in [-0.1, -0.05) is 29.8 Å². The Kier molecular flexibility index (Phi) is 6.88. The number of hydrogen-bond acceptors (Lipinski definition) is 5. The van der Waals surface area contributed by atoms with Crippen molar-refractivity contribution < 1.29 is 24.2 Å². The maximum atomic E-state index is 13.7. The van der Waals surface area contributed by atoms with Gasteiger partial charge in [0.15, 0.2) is 0 Å². The Morgan fingerprint density at radius 3 is 2.46 bits per heavy atom. The van der Waals surface area contributed by atoms with Crippen LogP contribution in [0.2, 0.25) is 5.02 Å². The molecule has 3 fully saturated rings. The Morgan fingerprint density at radius 2 is 1.85 bits per heavy atom. The molecule has 1 spiro atoms. The fourth-order valence-corrected chi connectivity index (χ4v) is 6.72. The summed E-state index contributed by atoms with van der Waals surface area (Å²) in [5.41, 5.74) is 3.76. The SMILES string of the molecule is N=C(C1=CCC(C(=O)O)CC1)C1=C(NC(=O)c2c(Cl)cccc2C2CC2)CC(C(=O)N2CC3(CCO3)C2)CC1. The highest BCUT2D eigenvalue weighted by Gasteiger charge is 2.52. The number of carboxylic acids is 1. The molecular formula is C30H34ClN3O5. The Hall–Kier alpha value is -2.97. The van der Waals surface area contributed by atoms with E-state index in [4.69, 9.17) is 21.7 Å². The van der Waals surface area contributed by atoms with Gasteiger partial charge in [-0.25, -0.2) is 0 Å². The van der Waals surface area contributed by atoms with Crippen LogP contribution in [0.3, 0.4) is 0 Å². The Bertz CT molecular complexity index is 1300. The third kappa shape index (κ3) is 5.05. The molecule has 3 N–H and O–H groups in total. The molecule has 2 aliphatic heterocycles. The van der Waals surface area contributed by atoms with Crippen LogP contribution in [0.4, 0.5) is 0 Å². The molecule has 9 heteroatoms. The van der Waals surface area contributed by atoms with Crippen molar-refractivity contribution in [1.82, 2.24) is 10.2 Å². The number of carboxylic acid groups (broad SMARTS) is 1. The third-order valence-corrected chi connectivity index (χ3v) is 9.39. The lowest BCUT2D eigenvalue weighted by Gasteiger charge is -2.55. The smallest absolute Gasteiger partial charge is 0.306 e. The molecule has 0 radical (unpaired) electrons. The van der Waals surface area contributed by atoms with Crippen LogP contribution in [0, 0.1) is 17.2 Å². The van der Waals surface area contributed by atoms with E-state index in [1.165, 1.54) is 0 Å². The van der Waals surface area contributed by atoms with Crippen LogP contribution in [-0.2, 0) is 14.3 Å². The van der Waals surface area contributed by atoms with Gasteiger partial charge < -0.3 is 25.5 Å². The van der Waals surface area contributed by atoms with Crippen molar-refractivity contribution in [2.24, 2.45) is 11.8 Å². The van der Waals surface area contributed by atoms with Crippen LogP contribution >= 0.6 is 11.6 Å². The van der Waals surface area contributed by atoms with Crippen LogP contribution in [0.1, 0.15) is 79.6 Å². The number of carbonyl (C=O) groups excluding carboxylic acids is 2. The van der Waals surface area contributed by atoms with Gasteiger partial charge in [0, 0.05) is 18.0 Å². The number of allylic oxidation sites excluding steroid dienone is 4. The summed E-state index contributed by atoms with van der Waals surface area (Å²) < 4.78 is 5.69. The molecule has 0 aromatic heterocycles. The minimum absolute atomic E-state index is 0.0750. The van der Waals surface area contributed by atoms with Crippen LogP contribution in [-0.4, -0.2) is 58.8 Å². The van der Waals surface area contributed by atoms with E-state index >= 15 is 0 Å². The number of halogens is 1. The molecule has 5 aliphatic rings. The van der Waals surface area contributed by atoms with Crippen LogP contribution in [0.5, 0.6) is 0 Å². The number of carbonyl (C=O) groups is 3. The molecule has 2 saturated heterocycles. The highest BCUT2D eigenvalue weighted by atomic mass is 35.5. The molecule has 1 saturated carbocycles. The fourth-order valence-electron chi connectivity index (χ4n) is 6.45. The highest BCUT2D eigenvalue weighted by molar-refractivity contribution is 6.34. The van der Waals surface area contributed by atoms with E-state index in [-0.39, 0.29) is 23.3 Å². The first-order valence-electron chi connectivity index (χ1n) is 14.0. The Labute approximate surface area is 232 Å². The molecule has 8 nitrogen and oxygen atoms in total. The van der Waals surface area contributed by atoms with Crippen molar-refractivity contribution >= 4 is 35.1 Å². The predicted octanol–water partition coefficient (Wildman–Crippen LogP) is 4.83. The zero-order valence-electron chi connectivity index (χ0n) is 21.9. The zero-order valence-corrected chi connectivity index (χ0v) is 22.7. The number of benzene rings is 1. The van der Waals surface area contributed by atoms with Gasteiger partial charge in [0.1, 0.15) is 5.60 Å². The zero-order chi connectivity index (χ0) is 27.3. The lowest BCUT2D eigenvalue weighted by atomic mass is 9.78. The second-order valence-corrected chi connectivity index (χ2v) is 12.1. The van der Waals surface area contributed by atoms with Gasteiger partial charge in [-0.15, -0.1) is 0 Å². The van der Waals surface area contributed by atoms with E-state index in [2.05, 4.69) is 5.32 Å². The monoisotopic (exact) mass is 551 g/mol. The number of amides is 2. The van der Waals surface area contributed by atoms with Crippen LogP contribution < -0.4 is 5.32 Å². The van der Waals surface area contributed by atoms with Gasteiger partial charge in [-0.3, -0.25) is 14.4 Å².